The fourth-order valence-corrected chi connectivity index (χ4v) is 2.75. The van der Waals surface area contributed by atoms with Crippen molar-refractivity contribution < 1.29 is 9.53 Å². The Kier molecular flexibility index (Phi) is 4.30. The first-order valence-electron chi connectivity index (χ1n) is 8.52. The van der Waals surface area contributed by atoms with Crippen molar-refractivity contribution >= 4 is 22.6 Å². The number of carbonyl (C=O) groups is 1. The fourth-order valence-electron chi connectivity index (χ4n) is 2.75. The van der Waals surface area contributed by atoms with E-state index in [0.717, 1.165) is 22.5 Å². The second kappa shape index (κ2) is 6.92. The van der Waals surface area contributed by atoms with Gasteiger partial charge in [-0.2, -0.15) is 4.80 Å². The summed E-state index contributed by atoms with van der Waals surface area (Å²) in [6, 6.07) is 20.4. The molecule has 1 amide bonds. The van der Waals surface area contributed by atoms with Crippen LogP contribution in [0.1, 0.15) is 15.9 Å². The molecular formula is C21H18N4O2. The lowest BCUT2D eigenvalue weighted by atomic mass is 10.1. The molecule has 0 aliphatic rings. The smallest absolute Gasteiger partial charge is 0.255 e. The highest BCUT2D eigenvalue weighted by atomic mass is 16.5. The lowest BCUT2D eigenvalue weighted by Crippen LogP contribution is -2.11. The summed E-state index contributed by atoms with van der Waals surface area (Å²) in [7, 11) is 1.62. The van der Waals surface area contributed by atoms with Crippen molar-refractivity contribution in [1.82, 2.24) is 15.0 Å². The van der Waals surface area contributed by atoms with Gasteiger partial charge in [-0.15, -0.1) is 10.2 Å². The molecule has 0 saturated carbocycles. The van der Waals surface area contributed by atoms with E-state index in [9.17, 15) is 4.79 Å². The maximum atomic E-state index is 12.4. The van der Waals surface area contributed by atoms with E-state index in [1.54, 1.807) is 11.9 Å². The van der Waals surface area contributed by atoms with Gasteiger partial charge in [0, 0.05) is 17.3 Å². The zero-order valence-electron chi connectivity index (χ0n) is 15.0. The van der Waals surface area contributed by atoms with Gasteiger partial charge in [-0.25, -0.2) is 0 Å². The standard InChI is InChI=1S/C21H18N4O2/c1-14-6-8-15(9-7-14)21(26)22-16-10-11-19-20(12-16)24-25(23-19)17-4-3-5-18(13-17)27-2/h3-13H,1-2H3,(H,22,26). The van der Waals surface area contributed by atoms with Crippen molar-refractivity contribution in [3.8, 4) is 11.4 Å². The van der Waals surface area contributed by atoms with Crippen molar-refractivity contribution in [2.45, 2.75) is 6.92 Å². The summed E-state index contributed by atoms with van der Waals surface area (Å²) in [5.74, 6) is 0.578. The largest absolute Gasteiger partial charge is 0.497 e. The third-order valence-corrected chi connectivity index (χ3v) is 4.24. The number of hydrogen-bond acceptors (Lipinski definition) is 4. The topological polar surface area (TPSA) is 69.0 Å². The van der Waals surface area contributed by atoms with Gasteiger partial charge in [0.15, 0.2) is 0 Å². The van der Waals surface area contributed by atoms with Crippen LogP contribution < -0.4 is 10.1 Å². The first-order chi connectivity index (χ1) is 13.1. The first kappa shape index (κ1) is 16.8. The first-order valence-corrected chi connectivity index (χ1v) is 8.52. The number of aryl methyl sites for hydroxylation is 1. The van der Waals surface area contributed by atoms with Crippen LogP contribution in [0.3, 0.4) is 0 Å². The third kappa shape index (κ3) is 3.50. The number of rotatable bonds is 4. The van der Waals surface area contributed by atoms with Crippen molar-refractivity contribution in [3.05, 3.63) is 77.9 Å². The van der Waals surface area contributed by atoms with Gasteiger partial charge in [0.25, 0.3) is 5.91 Å². The molecule has 6 heteroatoms. The Morgan fingerprint density at radius 1 is 0.963 bits per heavy atom. The van der Waals surface area contributed by atoms with E-state index >= 15 is 0 Å². The Labute approximate surface area is 156 Å². The van der Waals surface area contributed by atoms with Crippen LogP contribution in [0, 0.1) is 6.92 Å². The number of carbonyl (C=O) groups excluding carboxylic acids is 1. The molecule has 1 aromatic heterocycles. The average Bonchev–Trinajstić information content (AvgIpc) is 3.12. The number of anilines is 1. The summed E-state index contributed by atoms with van der Waals surface area (Å²) in [4.78, 5) is 13.9. The highest BCUT2D eigenvalue weighted by Crippen LogP contribution is 2.20. The van der Waals surface area contributed by atoms with Gasteiger partial charge < -0.3 is 10.1 Å². The van der Waals surface area contributed by atoms with E-state index in [1.165, 1.54) is 0 Å². The van der Waals surface area contributed by atoms with Gasteiger partial charge in [0.1, 0.15) is 16.8 Å². The van der Waals surface area contributed by atoms with E-state index in [4.69, 9.17) is 4.74 Å². The van der Waals surface area contributed by atoms with Crippen LogP contribution in [0.5, 0.6) is 5.75 Å². The molecule has 3 aromatic carbocycles. The van der Waals surface area contributed by atoms with Gasteiger partial charge in [0.05, 0.1) is 12.8 Å². The predicted octanol–water partition coefficient (Wildman–Crippen LogP) is 3.99. The Morgan fingerprint density at radius 2 is 1.74 bits per heavy atom. The SMILES string of the molecule is COc1cccc(-n2nc3ccc(NC(=O)c4ccc(C)cc4)cc3n2)c1. The quantitative estimate of drug-likeness (QED) is 0.599. The minimum absolute atomic E-state index is 0.158. The highest BCUT2D eigenvalue weighted by molar-refractivity contribution is 6.04. The summed E-state index contributed by atoms with van der Waals surface area (Å²) in [5.41, 5.74) is 4.63. The Morgan fingerprint density at radius 3 is 2.52 bits per heavy atom. The van der Waals surface area contributed by atoms with Gasteiger partial charge in [0.2, 0.25) is 0 Å². The fraction of sp³-hybridized carbons (Fsp3) is 0.0952. The molecule has 1 heterocycles. The number of nitrogens with one attached hydrogen (secondary N) is 1. The van der Waals surface area contributed by atoms with Crippen molar-refractivity contribution in [1.29, 1.82) is 0 Å². The average molecular weight is 358 g/mol. The molecule has 0 aliphatic heterocycles. The van der Waals surface area contributed by atoms with E-state index in [2.05, 4.69) is 15.5 Å². The summed E-state index contributed by atoms with van der Waals surface area (Å²) in [6.45, 7) is 1.99. The zero-order chi connectivity index (χ0) is 18.8. The second-order valence-corrected chi connectivity index (χ2v) is 6.21. The molecule has 0 spiro atoms. The lowest BCUT2D eigenvalue weighted by molar-refractivity contribution is 0.102. The molecule has 4 rings (SSSR count). The van der Waals surface area contributed by atoms with Crippen LogP contribution >= 0.6 is 0 Å². The maximum absolute atomic E-state index is 12.4. The molecule has 0 atom stereocenters. The number of aromatic nitrogens is 3. The number of fused-ring (bicyclic) bond motifs is 1. The van der Waals surface area contributed by atoms with Crippen LogP contribution in [-0.2, 0) is 0 Å². The zero-order valence-corrected chi connectivity index (χ0v) is 15.0. The normalized spacial score (nSPS) is 10.7. The lowest BCUT2D eigenvalue weighted by Gasteiger charge is -2.05. The van der Waals surface area contributed by atoms with Crippen LogP contribution in [0.25, 0.3) is 16.7 Å². The van der Waals surface area contributed by atoms with Crippen LogP contribution in [-0.4, -0.2) is 28.0 Å². The summed E-state index contributed by atoms with van der Waals surface area (Å²) >= 11 is 0. The van der Waals surface area contributed by atoms with Crippen LogP contribution in [0.4, 0.5) is 5.69 Å². The van der Waals surface area contributed by atoms with Crippen molar-refractivity contribution in [3.63, 3.8) is 0 Å². The van der Waals surface area contributed by atoms with Crippen LogP contribution in [0.15, 0.2) is 66.7 Å². The van der Waals surface area contributed by atoms with Crippen LogP contribution in [0.2, 0.25) is 0 Å². The molecule has 0 radical (unpaired) electrons. The molecule has 0 bridgehead atoms. The number of methoxy groups -OCH3 is 1. The molecule has 0 saturated heterocycles. The Balaban J connectivity index is 1.60. The second-order valence-electron chi connectivity index (χ2n) is 6.21. The molecule has 4 aromatic rings. The molecule has 134 valence electrons. The number of benzene rings is 3. The predicted molar refractivity (Wildman–Crippen MR) is 105 cm³/mol. The molecule has 27 heavy (non-hydrogen) atoms. The van der Waals surface area contributed by atoms with Crippen molar-refractivity contribution in [2.24, 2.45) is 0 Å². The van der Waals surface area contributed by atoms with Gasteiger partial charge in [-0.3, -0.25) is 4.79 Å². The highest BCUT2D eigenvalue weighted by Gasteiger charge is 2.09. The van der Waals surface area contributed by atoms with Gasteiger partial charge in [-0.1, -0.05) is 23.8 Å². The molecule has 0 fully saturated rings. The molecular weight excluding hydrogens is 340 g/mol. The minimum Gasteiger partial charge on any atom is -0.497 e. The number of amides is 1. The van der Waals surface area contributed by atoms with Gasteiger partial charge in [-0.05, 0) is 49.4 Å². The number of hydrogen-bond donors (Lipinski definition) is 1. The Bertz CT molecular complexity index is 1120. The van der Waals surface area contributed by atoms with E-state index < -0.39 is 0 Å². The van der Waals surface area contributed by atoms with Gasteiger partial charge >= 0.3 is 0 Å². The van der Waals surface area contributed by atoms with Crippen molar-refractivity contribution in [2.75, 3.05) is 12.4 Å². The van der Waals surface area contributed by atoms with E-state index in [0.29, 0.717) is 16.8 Å². The molecule has 1 N–H and O–H groups in total. The minimum atomic E-state index is -0.158. The summed E-state index contributed by atoms with van der Waals surface area (Å²) in [5, 5.41) is 11.9. The molecule has 0 unspecified atom stereocenters. The summed E-state index contributed by atoms with van der Waals surface area (Å²) < 4.78 is 5.25. The molecule has 6 nitrogen and oxygen atoms in total. The number of ether oxygens (including phenoxy) is 1. The van der Waals surface area contributed by atoms with E-state index in [-0.39, 0.29) is 5.91 Å². The number of nitrogens with zero attached hydrogens (tertiary/aromatic N) is 3. The van der Waals surface area contributed by atoms with E-state index in [1.807, 2.05) is 73.7 Å². The summed E-state index contributed by atoms with van der Waals surface area (Å²) in [6.07, 6.45) is 0. The maximum Gasteiger partial charge on any atom is 0.255 e. The monoisotopic (exact) mass is 358 g/mol. The molecule has 0 aliphatic carbocycles. The third-order valence-electron chi connectivity index (χ3n) is 4.24. The Hall–Kier alpha value is -3.67.